The highest BCUT2D eigenvalue weighted by Gasteiger charge is 2.48. The summed E-state index contributed by atoms with van der Waals surface area (Å²) in [6, 6.07) is 0. The summed E-state index contributed by atoms with van der Waals surface area (Å²) in [5.74, 6) is 0.647. The Labute approximate surface area is 148 Å². The van der Waals surface area contributed by atoms with Gasteiger partial charge in [-0.2, -0.15) is 0 Å². The second-order valence-electron chi connectivity index (χ2n) is 8.48. The van der Waals surface area contributed by atoms with Crippen LogP contribution >= 0.6 is 7.14 Å². The fourth-order valence-corrected chi connectivity index (χ4v) is 9.88. The zero-order valence-corrected chi connectivity index (χ0v) is 16.2. The van der Waals surface area contributed by atoms with E-state index in [0.29, 0.717) is 5.92 Å². The van der Waals surface area contributed by atoms with Crippen LogP contribution in [0.5, 0.6) is 0 Å². The van der Waals surface area contributed by atoms with Crippen molar-refractivity contribution < 1.29 is 9.36 Å². The van der Waals surface area contributed by atoms with E-state index in [9.17, 15) is 9.36 Å². The van der Waals surface area contributed by atoms with E-state index in [1.54, 1.807) is 0 Å². The SMILES string of the molecule is C=CC1CCC(C(=O)P(=O)(C2CCCCC2)C2CCCCC2)CC1. The van der Waals surface area contributed by atoms with Gasteiger partial charge in [-0.1, -0.05) is 44.6 Å². The lowest BCUT2D eigenvalue weighted by atomic mass is 9.83. The van der Waals surface area contributed by atoms with E-state index in [1.165, 1.54) is 38.5 Å². The maximum atomic E-state index is 14.3. The quantitative estimate of drug-likeness (QED) is 0.417. The van der Waals surface area contributed by atoms with Gasteiger partial charge in [-0.15, -0.1) is 6.58 Å². The number of hydrogen-bond donors (Lipinski definition) is 0. The third kappa shape index (κ3) is 3.74. The normalized spacial score (nSPS) is 30.8. The van der Waals surface area contributed by atoms with E-state index in [0.717, 1.165) is 51.4 Å². The molecule has 0 saturated heterocycles. The fraction of sp³-hybridized carbons (Fsp3) is 0.857. The average Bonchev–Trinajstić information content (AvgIpc) is 2.68. The third-order valence-electron chi connectivity index (χ3n) is 7.03. The molecule has 3 rings (SSSR count). The van der Waals surface area contributed by atoms with Gasteiger partial charge in [-0.05, 0) is 57.3 Å². The van der Waals surface area contributed by atoms with Gasteiger partial charge < -0.3 is 4.57 Å². The molecule has 0 amide bonds. The lowest BCUT2D eigenvalue weighted by Crippen LogP contribution is -2.32. The number of carbonyl (C=O) groups excluding carboxylic acids is 1. The molecule has 0 aliphatic heterocycles. The third-order valence-corrected chi connectivity index (χ3v) is 11.3. The van der Waals surface area contributed by atoms with Crippen LogP contribution in [0.15, 0.2) is 12.7 Å². The number of rotatable bonds is 5. The van der Waals surface area contributed by atoms with E-state index >= 15 is 0 Å². The molecule has 0 bridgehead atoms. The Balaban J connectivity index is 1.79. The molecule has 0 atom stereocenters. The lowest BCUT2D eigenvalue weighted by molar-refractivity contribution is -0.116. The van der Waals surface area contributed by atoms with Crippen molar-refractivity contribution in [2.24, 2.45) is 11.8 Å². The van der Waals surface area contributed by atoms with Gasteiger partial charge >= 0.3 is 0 Å². The molecule has 0 heterocycles. The summed E-state index contributed by atoms with van der Waals surface area (Å²) in [6.45, 7) is 3.91. The van der Waals surface area contributed by atoms with Gasteiger partial charge in [0.05, 0.1) is 0 Å². The van der Waals surface area contributed by atoms with Crippen molar-refractivity contribution in [3.05, 3.63) is 12.7 Å². The number of hydrogen-bond acceptors (Lipinski definition) is 2. The molecule has 0 N–H and O–H groups in total. The van der Waals surface area contributed by atoms with Crippen LogP contribution in [-0.2, 0) is 9.36 Å². The molecule has 2 nitrogen and oxygen atoms in total. The molecule has 3 heteroatoms. The van der Waals surface area contributed by atoms with Crippen molar-refractivity contribution in [2.45, 2.75) is 101 Å². The Morgan fingerprint density at radius 3 is 1.62 bits per heavy atom. The van der Waals surface area contributed by atoms with Gasteiger partial charge in [0.2, 0.25) is 0 Å². The Morgan fingerprint density at radius 2 is 1.21 bits per heavy atom. The second-order valence-corrected chi connectivity index (χ2v) is 11.8. The molecule has 3 saturated carbocycles. The van der Waals surface area contributed by atoms with E-state index in [-0.39, 0.29) is 22.8 Å². The van der Waals surface area contributed by atoms with Crippen molar-refractivity contribution in [3.8, 4) is 0 Å². The van der Waals surface area contributed by atoms with Crippen molar-refractivity contribution in [2.75, 3.05) is 0 Å². The second kappa shape index (κ2) is 8.35. The first-order chi connectivity index (χ1) is 11.7. The maximum absolute atomic E-state index is 14.3. The first-order valence-corrected chi connectivity index (χ1v) is 12.3. The van der Waals surface area contributed by atoms with Crippen LogP contribution in [0.3, 0.4) is 0 Å². The molecule has 3 aliphatic carbocycles. The summed E-state index contributed by atoms with van der Waals surface area (Å²) < 4.78 is 14.3. The van der Waals surface area contributed by atoms with Crippen molar-refractivity contribution in [1.82, 2.24) is 0 Å². The lowest BCUT2D eigenvalue weighted by Gasteiger charge is -2.39. The first-order valence-electron chi connectivity index (χ1n) is 10.4. The van der Waals surface area contributed by atoms with E-state index in [1.807, 2.05) is 6.08 Å². The van der Waals surface area contributed by atoms with E-state index < -0.39 is 7.14 Å². The summed E-state index contributed by atoms with van der Waals surface area (Å²) in [4.78, 5) is 13.5. The molecule has 3 fully saturated rings. The minimum absolute atomic E-state index is 0.0795. The highest BCUT2D eigenvalue weighted by molar-refractivity contribution is 7.81. The van der Waals surface area contributed by atoms with Crippen LogP contribution in [-0.4, -0.2) is 16.8 Å². The number of carbonyl (C=O) groups is 1. The summed E-state index contributed by atoms with van der Waals surface area (Å²) in [6.07, 6.45) is 17.5. The Bertz CT molecular complexity index is 456. The summed E-state index contributed by atoms with van der Waals surface area (Å²) >= 11 is 0. The molecule has 0 aromatic rings. The topological polar surface area (TPSA) is 34.1 Å². The first kappa shape index (κ1) is 18.4. The monoisotopic (exact) mass is 350 g/mol. The molecule has 24 heavy (non-hydrogen) atoms. The fourth-order valence-electron chi connectivity index (χ4n) is 5.47. The van der Waals surface area contributed by atoms with Crippen LogP contribution in [0.25, 0.3) is 0 Å². The summed E-state index contributed by atoms with van der Waals surface area (Å²) in [7, 11) is -2.72. The average molecular weight is 350 g/mol. The van der Waals surface area contributed by atoms with Gasteiger partial charge in [0.15, 0.2) is 12.7 Å². The van der Waals surface area contributed by atoms with Crippen LogP contribution in [0.2, 0.25) is 0 Å². The van der Waals surface area contributed by atoms with Gasteiger partial charge in [-0.3, -0.25) is 4.79 Å². The van der Waals surface area contributed by atoms with Gasteiger partial charge in [-0.25, -0.2) is 0 Å². The van der Waals surface area contributed by atoms with E-state index in [2.05, 4.69) is 6.58 Å². The van der Waals surface area contributed by atoms with Crippen molar-refractivity contribution in [1.29, 1.82) is 0 Å². The summed E-state index contributed by atoms with van der Waals surface area (Å²) in [5, 5.41) is 0. The largest absolute Gasteiger partial charge is 0.315 e. The van der Waals surface area contributed by atoms with Crippen LogP contribution in [0.1, 0.15) is 89.9 Å². The highest BCUT2D eigenvalue weighted by Crippen LogP contribution is 2.65. The van der Waals surface area contributed by atoms with Crippen molar-refractivity contribution in [3.63, 3.8) is 0 Å². The highest BCUT2D eigenvalue weighted by atomic mass is 31.2. The molecule has 136 valence electrons. The molecule has 0 aromatic heterocycles. The molecule has 0 spiro atoms. The standard InChI is InChI=1S/C21H35O2P/c1-2-17-13-15-18(16-14-17)21(22)24(23,19-9-5-3-6-10-19)20-11-7-4-8-12-20/h2,17-20H,1,3-16H2. The van der Waals surface area contributed by atoms with Crippen LogP contribution in [0.4, 0.5) is 0 Å². The predicted molar refractivity (Wildman–Crippen MR) is 102 cm³/mol. The van der Waals surface area contributed by atoms with E-state index in [4.69, 9.17) is 0 Å². The molecule has 0 radical (unpaired) electrons. The van der Waals surface area contributed by atoms with Gasteiger partial charge in [0.25, 0.3) is 0 Å². The molecular formula is C21H35O2P. The minimum Gasteiger partial charge on any atom is -0.315 e. The van der Waals surface area contributed by atoms with Crippen LogP contribution < -0.4 is 0 Å². The predicted octanol–water partition coefficient (Wildman–Crippen LogP) is 6.53. The smallest absolute Gasteiger partial charge is 0.195 e. The molecule has 0 unspecified atom stereocenters. The Hall–Kier alpha value is -0.360. The summed E-state index contributed by atoms with van der Waals surface area (Å²) in [5.41, 5.74) is 0.668. The molecule has 3 aliphatic rings. The van der Waals surface area contributed by atoms with Crippen molar-refractivity contribution >= 4 is 12.7 Å². The zero-order chi connectivity index (χ0) is 17.0. The number of allylic oxidation sites excluding steroid dienone is 1. The van der Waals surface area contributed by atoms with Gasteiger partial charge in [0.1, 0.15) is 0 Å². The Morgan fingerprint density at radius 1 is 0.750 bits per heavy atom. The zero-order valence-electron chi connectivity index (χ0n) is 15.3. The van der Waals surface area contributed by atoms with Crippen LogP contribution in [0, 0.1) is 11.8 Å². The Kier molecular flexibility index (Phi) is 6.41. The van der Waals surface area contributed by atoms with Gasteiger partial charge in [0, 0.05) is 17.2 Å². The molecule has 0 aromatic carbocycles. The maximum Gasteiger partial charge on any atom is 0.195 e. The minimum atomic E-state index is -2.72. The molecular weight excluding hydrogens is 315 g/mol.